The summed E-state index contributed by atoms with van der Waals surface area (Å²) >= 11 is 2.93. The molecule has 29 heavy (non-hydrogen) atoms. The topological polar surface area (TPSA) is 66.1 Å². The third kappa shape index (κ3) is 4.12. The van der Waals surface area contributed by atoms with E-state index in [9.17, 15) is 9.59 Å². The molecule has 0 aliphatic heterocycles. The molecular weight excluding hydrogens is 402 g/mol. The van der Waals surface area contributed by atoms with Crippen LogP contribution in [0.3, 0.4) is 0 Å². The van der Waals surface area contributed by atoms with Gasteiger partial charge in [-0.25, -0.2) is 4.98 Å². The second-order valence-corrected chi connectivity index (χ2v) is 9.72. The average Bonchev–Trinajstić information content (AvgIpc) is 3.04. The van der Waals surface area contributed by atoms with E-state index < -0.39 is 0 Å². The maximum Gasteiger partial charge on any atom is 0.260 e. The van der Waals surface area contributed by atoms with Crippen molar-refractivity contribution in [2.45, 2.75) is 45.2 Å². The number of carbonyl (C=O) groups excluding carboxylic acids is 1. The van der Waals surface area contributed by atoms with Gasteiger partial charge >= 0.3 is 0 Å². The molecule has 2 heterocycles. The fourth-order valence-corrected chi connectivity index (χ4v) is 6.08. The molecular formula is C22H25N3O2S2. The summed E-state index contributed by atoms with van der Waals surface area (Å²) in [7, 11) is 0. The summed E-state index contributed by atoms with van der Waals surface area (Å²) in [5.41, 5.74) is 3.12. The number of benzene rings is 1. The summed E-state index contributed by atoms with van der Waals surface area (Å²) in [5.74, 6) is 0.895. The van der Waals surface area contributed by atoms with Crippen LogP contribution in [0.1, 0.15) is 36.3 Å². The van der Waals surface area contributed by atoms with Gasteiger partial charge in [0.2, 0.25) is 5.91 Å². The molecule has 0 saturated carbocycles. The molecule has 0 radical (unpaired) electrons. The molecule has 1 unspecified atom stereocenters. The van der Waals surface area contributed by atoms with Gasteiger partial charge in [0.15, 0.2) is 5.16 Å². The number of fused-ring (bicyclic) bond motifs is 3. The van der Waals surface area contributed by atoms with E-state index in [0.29, 0.717) is 17.6 Å². The lowest BCUT2D eigenvalue weighted by atomic mass is 9.89. The van der Waals surface area contributed by atoms with Crippen molar-refractivity contribution in [1.82, 2.24) is 9.97 Å². The van der Waals surface area contributed by atoms with E-state index in [2.05, 4.69) is 16.9 Å². The molecule has 0 saturated heterocycles. The largest absolute Gasteiger partial charge is 0.312 e. The van der Waals surface area contributed by atoms with E-state index in [1.54, 1.807) is 16.2 Å². The number of hydrogen-bond acceptors (Lipinski definition) is 5. The molecule has 1 amide bonds. The number of nitrogens with zero attached hydrogens (tertiary/aromatic N) is 2. The highest BCUT2D eigenvalue weighted by Crippen LogP contribution is 2.36. The van der Waals surface area contributed by atoms with Crippen molar-refractivity contribution in [3.05, 3.63) is 50.6 Å². The first kappa shape index (κ1) is 20.2. The highest BCUT2D eigenvalue weighted by atomic mass is 32.2. The average molecular weight is 428 g/mol. The van der Waals surface area contributed by atoms with Crippen LogP contribution >= 0.6 is 23.1 Å². The fourth-order valence-electron chi connectivity index (χ4n) is 3.90. The summed E-state index contributed by atoms with van der Waals surface area (Å²) in [6.07, 6.45) is 3.10. The van der Waals surface area contributed by atoms with Crippen LogP contribution in [-0.2, 0) is 17.6 Å². The number of aromatic nitrogens is 2. The first-order chi connectivity index (χ1) is 14.0. The monoisotopic (exact) mass is 427 g/mol. The molecule has 0 fully saturated rings. The quantitative estimate of drug-likeness (QED) is 0.479. The molecule has 1 atom stereocenters. The lowest BCUT2D eigenvalue weighted by molar-refractivity contribution is -0.116. The molecule has 1 aromatic carbocycles. The van der Waals surface area contributed by atoms with E-state index in [0.717, 1.165) is 40.7 Å². The number of amides is 1. The van der Waals surface area contributed by atoms with E-state index in [4.69, 9.17) is 0 Å². The van der Waals surface area contributed by atoms with Gasteiger partial charge in [-0.1, -0.05) is 30.8 Å². The zero-order chi connectivity index (χ0) is 20.5. The summed E-state index contributed by atoms with van der Waals surface area (Å²) in [4.78, 5) is 36.9. The minimum absolute atomic E-state index is 0.00476. The number of anilines is 1. The number of thioether (sulfide) groups is 1. The van der Waals surface area contributed by atoms with Gasteiger partial charge in [-0.3, -0.25) is 9.59 Å². The van der Waals surface area contributed by atoms with Gasteiger partial charge in [0.25, 0.3) is 5.56 Å². The lowest BCUT2D eigenvalue weighted by Crippen LogP contribution is -2.32. The molecule has 1 N–H and O–H groups in total. The van der Waals surface area contributed by atoms with Crippen molar-refractivity contribution in [2.75, 3.05) is 17.2 Å². The lowest BCUT2D eigenvalue weighted by Gasteiger charge is -2.21. The van der Waals surface area contributed by atoms with E-state index in [1.165, 1.54) is 22.2 Å². The highest BCUT2D eigenvalue weighted by molar-refractivity contribution is 7.99. The van der Waals surface area contributed by atoms with Crippen LogP contribution in [0.4, 0.5) is 5.69 Å². The number of H-pyrrole nitrogens is 1. The van der Waals surface area contributed by atoms with Crippen molar-refractivity contribution >= 4 is 44.9 Å². The Labute approximate surface area is 178 Å². The number of rotatable bonds is 5. The number of aryl methyl sites for hydroxylation is 2. The van der Waals surface area contributed by atoms with Crippen molar-refractivity contribution in [3.63, 3.8) is 0 Å². The van der Waals surface area contributed by atoms with Crippen molar-refractivity contribution in [3.8, 4) is 0 Å². The van der Waals surface area contributed by atoms with E-state index in [-0.39, 0.29) is 17.2 Å². The van der Waals surface area contributed by atoms with E-state index >= 15 is 0 Å². The molecule has 152 valence electrons. The van der Waals surface area contributed by atoms with Gasteiger partial charge in [0.05, 0.1) is 11.1 Å². The Hall–Kier alpha value is -2.12. The Morgan fingerprint density at radius 1 is 1.41 bits per heavy atom. The highest BCUT2D eigenvalue weighted by Gasteiger charge is 2.23. The van der Waals surface area contributed by atoms with Crippen LogP contribution in [-0.4, -0.2) is 28.2 Å². The van der Waals surface area contributed by atoms with Crippen LogP contribution in [0.5, 0.6) is 0 Å². The summed E-state index contributed by atoms with van der Waals surface area (Å²) in [5, 5.41) is 1.27. The van der Waals surface area contributed by atoms with Crippen LogP contribution in [0, 0.1) is 12.8 Å². The Bertz CT molecular complexity index is 1120. The number of aromatic amines is 1. The van der Waals surface area contributed by atoms with Gasteiger partial charge in [0.1, 0.15) is 4.83 Å². The SMILES string of the molecule is CCN(C(=O)CSc1nc2sc3c(c2c(=O)[nH]1)CCC(C)C3)c1cccc(C)c1. The van der Waals surface area contributed by atoms with Gasteiger partial charge in [0, 0.05) is 17.1 Å². The predicted molar refractivity (Wildman–Crippen MR) is 121 cm³/mol. The normalized spacial score (nSPS) is 16.0. The molecule has 5 nitrogen and oxygen atoms in total. The first-order valence-electron chi connectivity index (χ1n) is 10.0. The number of nitrogens with one attached hydrogen (secondary N) is 1. The second kappa shape index (κ2) is 8.32. The van der Waals surface area contributed by atoms with Gasteiger partial charge in [-0.05, 0) is 62.3 Å². The summed E-state index contributed by atoms with van der Waals surface area (Å²) in [6.45, 7) is 6.84. The zero-order valence-electron chi connectivity index (χ0n) is 16.9. The van der Waals surface area contributed by atoms with Crippen LogP contribution in [0.25, 0.3) is 10.2 Å². The molecule has 1 aliphatic rings. The maximum atomic E-state index is 12.8. The Balaban J connectivity index is 1.53. The Kier molecular flexibility index (Phi) is 5.79. The minimum atomic E-state index is -0.0805. The second-order valence-electron chi connectivity index (χ2n) is 7.67. The summed E-state index contributed by atoms with van der Waals surface area (Å²) in [6, 6.07) is 7.93. The number of hydrogen-bond donors (Lipinski definition) is 1. The fraction of sp³-hybridized carbons (Fsp3) is 0.409. The maximum absolute atomic E-state index is 12.8. The molecule has 4 rings (SSSR count). The van der Waals surface area contributed by atoms with Crippen molar-refractivity contribution in [2.24, 2.45) is 5.92 Å². The molecule has 0 bridgehead atoms. The van der Waals surface area contributed by atoms with E-state index in [1.807, 2.05) is 38.1 Å². The standard InChI is InChI=1S/C22H25N3O2S2/c1-4-25(15-7-5-6-13(2)10-15)18(26)12-28-22-23-20(27)19-16-9-8-14(3)11-17(16)29-21(19)24-22/h5-7,10,14H,4,8-9,11-12H2,1-3H3,(H,23,24,27). The summed E-state index contributed by atoms with van der Waals surface area (Å²) < 4.78 is 0. The molecule has 0 spiro atoms. The van der Waals surface area contributed by atoms with Gasteiger partial charge in [-0.2, -0.15) is 0 Å². The third-order valence-corrected chi connectivity index (χ3v) is 7.41. The zero-order valence-corrected chi connectivity index (χ0v) is 18.6. The van der Waals surface area contributed by atoms with Crippen LogP contribution in [0.2, 0.25) is 0 Å². The number of thiophene rings is 1. The predicted octanol–water partition coefficient (Wildman–Crippen LogP) is 4.56. The van der Waals surface area contributed by atoms with Crippen molar-refractivity contribution in [1.29, 1.82) is 0 Å². The Morgan fingerprint density at radius 3 is 3.00 bits per heavy atom. The molecule has 3 aromatic rings. The van der Waals surface area contributed by atoms with Gasteiger partial charge < -0.3 is 9.88 Å². The molecule has 7 heteroatoms. The van der Waals surface area contributed by atoms with Crippen LogP contribution in [0.15, 0.2) is 34.2 Å². The van der Waals surface area contributed by atoms with Crippen molar-refractivity contribution < 1.29 is 4.79 Å². The third-order valence-electron chi connectivity index (χ3n) is 5.41. The Morgan fingerprint density at radius 2 is 2.24 bits per heavy atom. The van der Waals surface area contributed by atoms with Crippen LogP contribution < -0.4 is 10.5 Å². The van der Waals surface area contributed by atoms with Gasteiger partial charge in [-0.15, -0.1) is 11.3 Å². The number of carbonyl (C=O) groups is 1. The molecule has 1 aliphatic carbocycles. The minimum Gasteiger partial charge on any atom is -0.312 e. The molecule has 2 aromatic heterocycles. The first-order valence-corrected chi connectivity index (χ1v) is 11.8. The smallest absolute Gasteiger partial charge is 0.260 e.